The van der Waals surface area contributed by atoms with Gasteiger partial charge in [0.15, 0.2) is 0 Å². The molecule has 12 heavy (non-hydrogen) atoms. The van der Waals surface area contributed by atoms with Crippen molar-refractivity contribution in [2.75, 3.05) is 5.32 Å². The maximum absolute atomic E-state index is 9.02. The number of nitrogens with zero attached hydrogens (tertiary/aromatic N) is 2. The minimum Gasteiger partial charge on any atom is -0.393 e. The Balaban J connectivity index is 1.88. The molecule has 4 heteroatoms. The van der Waals surface area contributed by atoms with Crippen LogP contribution in [0.25, 0.3) is 0 Å². The van der Waals surface area contributed by atoms with Gasteiger partial charge in [0, 0.05) is 18.4 Å². The molecule has 1 saturated carbocycles. The first-order chi connectivity index (χ1) is 5.84. The number of aromatic nitrogens is 2. The topological polar surface area (TPSA) is 58.0 Å². The van der Waals surface area contributed by atoms with E-state index in [2.05, 4.69) is 15.3 Å². The first-order valence-corrected chi connectivity index (χ1v) is 4.05. The lowest BCUT2D eigenvalue weighted by Crippen LogP contribution is -2.39. The van der Waals surface area contributed by atoms with Crippen LogP contribution in [0.2, 0.25) is 0 Å². The number of anilines is 1. The summed E-state index contributed by atoms with van der Waals surface area (Å²) in [5.74, 6) is 0.786. The molecule has 1 aromatic heterocycles. The molecule has 0 spiro atoms. The highest BCUT2D eigenvalue weighted by atomic mass is 16.3. The Hall–Kier alpha value is -1.16. The lowest BCUT2D eigenvalue weighted by molar-refractivity contribution is 0.0835. The quantitative estimate of drug-likeness (QED) is 0.666. The van der Waals surface area contributed by atoms with Crippen molar-refractivity contribution in [2.45, 2.75) is 25.0 Å². The summed E-state index contributed by atoms with van der Waals surface area (Å²) in [6.45, 7) is 0. The largest absolute Gasteiger partial charge is 0.393 e. The summed E-state index contributed by atoms with van der Waals surface area (Å²) in [6.07, 6.45) is 6.48. The van der Waals surface area contributed by atoms with Crippen molar-refractivity contribution < 1.29 is 5.11 Å². The van der Waals surface area contributed by atoms with Crippen LogP contribution in [0.4, 0.5) is 5.82 Å². The first kappa shape index (κ1) is 7.49. The van der Waals surface area contributed by atoms with E-state index in [9.17, 15) is 0 Å². The molecule has 0 atom stereocenters. The van der Waals surface area contributed by atoms with Crippen LogP contribution in [-0.2, 0) is 0 Å². The van der Waals surface area contributed by atoms with Crippen LogP contribution in [-0.4, -0.2) is 27.2 Å². The molecule has 2 rings (SSSR count). The van der Waals surface area contributed by atoms with E-state index in [0.717, 1.165) is 18.7 Å². The van der Waals surface area contributed by atoms with E-state index in [-0.39, 0.29) is 6.10 Å². The number of hydrogen-bond acceptors (Lipinski definition) is 4. The molecule has 0 unspecified atom stereocenters. The summed E-state index contributed by atoms with van der Waals surface area (Å²) in [5.41, 5.74) is 0. The van der Waals surface area contributed by atoms with Crippen molar-refractivity contribution in [3.8, 4) is 0 Å². The minimum absolute atomic E-state index is 0.126. The van der Waals surface area contributed by atoms with Crippen molar-refractivity contribution in [1.82, 2.24) is 9.97 Å². The highest BCUT2D eigenvalue weighted by Gasteiger charge is 2.26. The van der Waals surface area contributed by atoms with Gasteiger partial charge in [0.25, 0.3) is 0 Å². The molecule has 1 aliphatic carbocycles. The van der Waals surface area contributed by atoms with Crippen LogP contribution in [0, 0.1) is 0 Å². The van der Waals surface area contributed by atoms with E-state index in [1.54, 1.807) is 18.6 Å². The summed E-state index contributed by atoms with van der Waals surface area (Å²) in [6, 6.07) is 0.372. The van der Waals surface area contributed by atoms with Crippen LogP contribution in [0.1, 0.15) is 12.8 Å². The average Bonchev–Trinajstić information content (AvgIpc) is 2.04. The molecule has 0 saturated heterocycles. The highest BCUT2D eigenvalue weighted by molar-refractivity contribution is 5.32. The standard InChI is InChI=1S/C8H11N3O/c12-7-3-6(4-7)11-8-5-9-1-2-10-8/h1-2,5-7,12H,3-4H2,(H,10,11). The molecule has 2 N–H and O–H groups in total. The van der Waals surface area contributed by atoms with Gasteiger partial charge in [-0.1, -0.05) is 0 Å². The van der Waals surface area contributed by atoms with Crippen LogP contribution in [0.5, 0.6) is 0 Å². The second-order valence-electron chi connectivity index (χ2n) is 3.06. The Morgan fingerprint density at radius 3 is 2.83 bits per heavy atom. The van der Waals surface area contributed by atoms with Gasteiger partial charge in [-0.15, -0.1) is 0 Å². The van der Waals surface area contributed by atoms with Crippen molar-refractivity contribution >= 4 is 5.82 Å². The fourth-order valence-corrected chi connectivity index (χ4v) is 1.29. The van der Waals surface area contributed by atoms with E-state index >= 15 is 0 Å². The molecule has 0 aliphatic heterocycles. The number of rotatable bonds is 2. The number of hydrogen-bond donors (Lipinski definition) is 2. The highest BCUT2D eigenvalue weighted by Crippen LogP contribution is 2.22. The van der Waals surface area contributed by atoms with E-state index in [1.165, 1.54) is 0 Å². The maximum atomic E-state index is 9.02. The van der Waals surface area contributed by atoms with E-state index in [0.29, 0.717) is 6.04 Å². The Morgan fingerprint density at radius 1 is 1.42 bits per heavy atom. The zero-order chi connectivity index (χ0) is 8.39. The van der Waals surface area contributed by atoms with Gasteiger partial charge >= 0.3 is 0 Å². The van der Waals surface area contributed by atoms with Gasteiger partial charge in [-0.25, -0.2) is 4.98 Å². The summed E-state index contributed by atoms with van der Waals surface area (Å²) in [4.78, 5) is 8.00. The third-order valence-electron chi connectivity index (χ3n) is 2.03. The number of nitrogens with one attached hydrogen (secondary N) is 1. The predicted octanol–water partition coefficient (Wildman–Crippen LogP) is 0.412. The molecule has 64 valence electrons. The minimum atomic E-state index is -0.126. The van der Waals surface area contributed by atoms with Gasteiger partial charge in [-0.3, -0.25) is 4.98 Å². The molecule has 1 aromatic rings. The Kier molecular flexibility index (Phi) is 1.91. The lowest BCUT2D eigenvalue weighted by Gasteiger charge is -2.32. The molecule has 1 heterocycles. The maximum Gasteiger partial charge on any atom is 0.144 e. The summed E-state index contributed by atoms with van der Waals surface area (Å²) in [7, 11) is 0. The second kappa shape index (κ2) is 3.06. The second-order valence-corrected chi connectivity index (χ2v) is 3.06. The Labute approximate surface area is 70.7 Å². The Bertz CT molecular complexity index is 246. The molecule has 1 aliphatic rings. The molecule has 1 fully saturated rings. The SMILES string of the molecule is OC1CC(Nc2cnccn2)C1. The van der Waals surface area contributed by atoms with Crippen LogP contribution in [0.15, 0.2) is 18.6 Å². The summed E-state index contributed by atoms with van der Waals surface area (Å²) >= 11 is 0. The molecule has 0 aromatic carbocycles. The molecule has 0 bridgehead atoms. The third kappa shape index (κ3) is 1.53. The third-order valence-corrected chi connectivity index (χ3v) is 2.03. The van der Waals surface area contributed by atoms with Gasteiger partial charge in [0.1, 0.15) is 5.82 Å². The fourth-order valence-electron chi connectivity index (χ4n) is 1.29. The number of aliphatic hydroxyl groups excluding tert-OH is 1. The van der Waals surface area contributed by atoms with Crippen molar-refractivity contribution in [3.05, 3.63) is 18.6 Å². The van der Waals surface area contributed by atoms with Gasteiger partial charge in [0.2, 0.25) is 0 Å². The van der Waals surface area contributed by atoms with Crippen LogP contribution < -0.4 is 5.32 Å². The zero-order valence-corrected chi connectivity index (χ0v) is 6.64. The van der Waals surface area contributed by atoms with Crippen LogP contribution >= 0.6 is 0 Å². The van der Waals surface area contributed by atoms with E-state index < -0.39 is 0 Å². The lowest BCUT2D eigenvalue weighted by atomic mass is 9.90. The smallest absolute Gasteiger partial charge is 0.144 e. The Morgan fingerprint density at radius 2 is 2.25 bits per heavy atom. The average molecular weight is 165 g/mol. The van der Waals surface area contributed by atoms with Crippen LogP contribution in [0.3, 0.4) is 0 Å². The molecular formula is C8H11N3O. The van der Waals surface area contributed by atoms with Crippen molar-refractivity contribution in [1.29, 1.82) is 0 Å². The fraction of sp³-hybridized carbons (Fsp3) is 0.500. The normalized spacial score (nSPS) is 27.8. The number of aliphatic hydroxyl groups is 1. The van der Waals surface area contributed by atoms with Crippen molar-refractivity contribution in [3.63, 3.8) is 0 Å². The van der Waals surface area contributed by atoms with Crippen molar-refractivity contribution in [2.24, 2.45) is 0 Å². The predicted molar refractivity (Wildman–Crippen MR) is 44.7 cm³/mol. The monoisotopic (exact) mass is 165 g/mol. The molecule has 0 radical (unpaired) electrons. The zero-order valence-electron chi connectivity index (χ0n) is 6.64. The molecule has 0 amide bonds. The van der Waals surface area contributed by atoms with Gasteiger partial charge in [0.05, 0.1) is 12.3 Å². The first-order valence-electron chi connectivity index (χ1n) is 4.05. The van der Waals surface area contributed by atoms with Gasteiger partial charge < -0.3 is 10.4 Å². The van der Waals surface area contributed by atoms with Gasteiger partial charge in [-0.2, -0.15) is 0 Å². The summed E-state index contributed by atoms with van der Waals surface area (Å²) < 4.78 is 0. The van der Waals surface area contributed by atoms with Gasteiger partial charge in [-0.05, 0) is 12.8 Å². The molecular weight excluding hydrogens is 154 g/mol. The summed E-state index contributed by atoms with van der Waals surface area (Å²) in [5, 5.41) is 12.2. The van der Waals surface area contributed by atoms with E-state index in [1.807, 2.05) is 0 Å². The molecule has 4 nitrogen and oxygen atoms in total. The van der Waals surface area contributed by atoms with E-state index in [4.69, 9.17) is 5.11 Å².